The van der Waals surface area contributed by atoms with Gasteiger partial charge in [0.05, 0.1) is 0 Å². The summed E-state index contributed by atoms with van der Waals surface area (Å²) in [7, 11) is 0. The minimum Gasteiger partial charge on any atom is -0.418 e. The largest absolute Gasteiger partial charge is 0.418 e. The Balaban J connectivity index is 0.000000157. The molecule has 39 heavy (non-hydrogen) atoms. The molecule has 198 valence electrons. The van der Waals surface area contributed by atoms with Crippen molar-refractivity contribution in [2.75, 3.05) is 18.0 Å². The van der Waals surface area contributed by atoms with Crippen LogP contribution in [0.1, 0.15) is 20.3 Å². The summed E-state index contributed by atoms with van der Waals surface area (Å²) < 4.78 is 36.9. The van der Waals surface area contributed by atoms with E-state index in [2.05, 4.69) is 24.8 Å². The minimum absolute atomic E-state index is 0. The van der Waals surface area contributed by atoms with Gasteiger partial charge in [-0.1, -0.05) is 19.0 Å². The zero-order valence-corrected chi connectivity index (χ0v) is 20.7. The fraction of sp³-hybridized carbons (Fsp3) is 0.172. The van der Waals surface area contributed by atoms with Crippen LogP contribution in [-0.4, -0.2) is 33.0 Å². The molecule has 0 spiro atoms. The summed E-state index contributed by atoms with van der Waals surface area (Å²) in [5.74, 6) is 1.22. The first kappa shape index (κ1) is 26.2. The molecule has 0 aliphatic carbocycles. The summed E-state index contributed by atoms with van der Waals surface area (Å²) >= 11 is 5.75. The highest BCUT2D eigenvalue weighted by Crippen LogP contribution is 2.27. The number of aromatic nitrogens is 4. The summed E-state index contributed by atoms with van der Waals surface area (Å²) in [6.45, 7) is 2.08. The topological polar surface area (TPSA) is 81.1 Å². The number of pyridine rings is 2. The van der Waals surface area contributed by atoms with Crippen molar-refractivity contribution in [3.8, 4) is 22.9 Å². The number of halogens is 3. The number of rotatable bonds is 3. The Hall–Kier alpha value is -4.37. The predicted octanol–water partition coefficient (Wildman–Crippen LogP) is 7.95. The molecule has 10 heteroatoms. The van der Waals surface area contributed by atoms with Crippen molar-refractivity contribution < 1.29 is 17.6 Å². The van der Waals surface area contributed by atoms with E-state index in [0.29, 0.717) is 39.4 Å². The van der Waals surface area contributed by atoms with E-state index in [-0.39, 0.29) is 19.1 Å². The lowest BCUT2D eigenvalue weighted by atomic mass is 10.2. The molecule has 7 rings (SSSR count). The normalized spacial score (nSPS) is 12.8. The van der Waals surface area contributed by atoms with E-state index in [4.69, 9.17) is 20.4 Å². The first-order valence-electron chi connectivity index (χ1n) is 12.0. The highest BCUT2D eigenvalue weighted by atomic mass is 35.5. The Morgan fingerprint density at radius 3 is 1.64 bits per heavy atom. The maximum absolute atomic E-state index is 13.0. The van der Waals surface area contributed by atoms with E-state index in [1.165, 1.54) is 37.1 Å². The van der Waals surface area contributed by atoms with Crippen LogP contribution in [0.3, 0.4) is 0 Å². The van der Waals surface area contributed by atoms with Gasteiger partial charge in [0.2, 0.25) is 23.2 Å². The van der Waals surface area contributed by atoms with Crippen LogP contribution in [0.15, 0.2) is 81.6 Å². The van der Waals surface area contributed by atoms with Gasteiger partial charge in [0.1, 0.15) is 33.6 Å². The van der Waals surface area contributed by atoms with Gasteiger partial charge in [-0.3, -0.25) is 0 Å². The molecule has 0 amide bonds. The molecule has 1 fully saturated rings. The lowest BCUT2D eigenvalue weighted by Crippen LogP contribution is -2.18. The fourth-order valence-corrected chi connectivity index (χ4v) is 4.30. The van der Waals surface area contributed by atoms with Crippen LogP contribution in [0.25, 0.3) is 45.4 Å². The Bertz CT molecular complexity index is 1710. The highest BCUT2D eigenvalue weighted by molar-refractivity contribution is 6.29. The van der Waals surface area contributed by atoms with Gasteiger partial charge in [0, 0.05) is 24.2 Å². The number of benzene rings is 2. The van der Waals surface area contributed by atoms with E-state index < -0.39 is 0 Å². The third-order valence-electron chi connectivity index (χ3n) is 6.07. The molecule has 0 radical (unpaired) electrons. The van der Waals surface area contributed by atoms with Gasteiger partial charge in [0.25, 0.3) is 0 Å². The van der Waals surface area contributed by atoms with Crippen LogP contribution in [0, 0.1) is 11.6 Å². The molecule has 0 N–H and O–H groups in total. The van der Waals surface area contributed by atoms with Crippen molar-refractivity contribution in [3.05, 3.63) is 89.6 Å². The number of oxazole rings is 2. The summed E-state index contributed by atoms with van der Waals surface area (Å²) in [6.07, 6.45) is 2.41. The molecule has 4 aromatic heterocycles. The number of anilines is 1. The maximum Gasteiger partial charge on any atom is 0.249 e. The van der Waals surface area contributed by atoms with E-state index in [1.54, 1.807) is 36.4 Å². The van der Waals surface area contributed by atoms with Crippen LogP contribution in [-0.2, 0) is 0 Å². The molecule has 1 aliphatic rings. The quantitative estimate of drug-likeness (QED) is 0.208. The second-order valence-corrected chi connectivity index (χ2v) is 9.09. The van der Waals surface area contributed by atoms with Crippen molar-refractivity contribution in [2.24, 2.45) is 0 Å². The molecule has 0 atom stereocenters. The van der Waals surface area contributed by atoms with Crippen molar-refractivity contribution in [3.63, 3.8) is 0 Å². The standard InChI is InChI=1S/C16H14FN3O.C12H6ClFN2O.CH4/c17-12-5-3-11(4-6-12)15-18-13-7-8-14(19-16(13)21-15)20-9-1-2-10-20;13-10-6-5-9-12(16-10)17-11(15-9)7-1-3-8(14)4-2-7;/h3-8H,1-2,9-10H2;1-6H;1H4. The molecule has 0 unspecified atom stereocenters. The van der Waals surface area contributed by atoms with Gasteiger partial charge in [-0.25, -0.2) is 18.7 Å². The van der Waals surface area contributed by atoms with E-state index in [1.807, 2.05) is 12.1 Å². The lowest BCUT2D eigenvalue weighted by Gasteiger charge is -2.15. The first-order chi connectivity index (χ1) is 18.5. The maximum atomic E-state index is 13.0. The van der Waals surface area contributed by atoms with Crippen LogP contribution in [0.4, 0.5) is 14.6 Å². The Morgan fingerprint density at radius 1 is 0.615 bits per heavy atom. The van der Waals surface area contributed by atoms with Crippen molar-refractivity contribution in [1.82, 2.24) is 19.9 Å². The van der Waals surface area contributed by atoms with Crippen LogP contribution < -0.4 is 4.90 Å². The van der Waals surface area contributed by atoms with Crippen molar-refractivity contribution >= 4 is 39.9 Å². The van der Waals surface area contributed by atoms with Crippen molar-refractivity contribution in [2.45, 2.75) is 20.3 Å². The van der Waals surface area contributed by atoms with Gasteiger partial charge in [-0.2, -0.15) is 9.97 Å². The van der Waals surface area contributed by atoms with E-state index >= 15 is 0 Å². The third kappa shape index (κ3) is 5.73. The number of hydrogen-bond acceptors (Lipinski definition) is 7. The molecule has 5 heterocycles. The number of hydrogen-bond donors (Lipinski definition) is 0. The van der Waals surface area contributed by atoms with E-state index in [0.717, 1.165) is 30.0 Å². The van der Waals surface area contributed by atoms with Crippen LogP contribution >= 0.6 is 11.6 Å². The van der Waals surface area contributed by atoms with Gasteiger partial charge in [0.15, 0.2) is 0 Å². The average molecular weight is 548 g/mol. The molecule has 0 saturated carbocycles. The third-order valence-corrected chi connectivity index (χ3v) is 6.29. The highest BCUT2D eigenvalue weighted by Gasteiger charge is 2.16. The molecule has 7 nitrogen and oxygen atoms in total. The molecule has 1 saturated heterocycles. The van der Waals surface area contributed by atoms with Crippen LogP contribution in [0.5, 0.6) is 0 Å². The number of fused-ring (bicyclic) bond motifs is 2. The minimum atomic E-state index is -0.300. The molecule has 6 aromatic rings. The Labute approximate surface area is 228 Å². The van der Waals surface area contributed by atoms with Gasteiger partial charge < -0.3 is 13.7 Å². The van der Waals surface area contributed by atoms with Crippen LogP contribution in [0.2, 0.25) is 5.15 Å². The zero-order valence-electron chi connectivity index (χ0n) is 19.9. The lowest BCUT2D eigenvalue weighted by molar-refractivity contribution is 0.605. The second-order valence-electron chi connectivity index (χ2n) is 8.70. The first-order valence-corrected chi connectivity index (χ1v) is 12.4. The summed E-state index contributed by atoms with van der Waals surface area (Å²) in [6, 6.07) is 19.3. The van der Waals surface area contributed by atoms with Gasteiger partial charge >= 0.3 is 0 Å². The fourth-order valence-electron chi connectivity index (χ4n) is 4.16. The molecule has 2 aromatic carbocycles. The average Bonchev–Trinajstić information content (AvgIpc) is 3.69. The summed E-state index contributed by atoms with van der Waals surface area (Å²) in [5.41, 5.74) is 3.68. The molecule has 0 bridgehead atoms. The second kappa shape index (κ2) is 11.2. The summed E-state index contributed by atoms with van der Waals surface area (Å²) in [5, 5.41) is 0.347. The molecular formula is C29H24ClF2N5O2. The Morgan fingerprint density at radius 2 is 1.10 bits per heavy atom. The van der Waals surface area contributed by atoms with Gasteiger partial charge in [-0.15, -0.1) is 0 Å². The molecule has 1 aliphatic heterocycles. The predicted molar refractivity (Wildman–Crippen MR) is 148 cm³/mol. The SMILES string of the molecule is C.Fc1ccc(-c2nc3ccc(Cl)nc3o2)cc1.Fc1ccc(-c2nc3ccc(N4CCCC4)nc3o2)cc1. The van der Waals surface area contributed by atoms with Gasteiger partial charge in [-0.05, 0) is 85.6 Å². The Kier molecular flexibility index (Phi) is 7.51. The molecular weight excluding hydrogens is 524 g/mol. The monoisotopic (exact) mass is 547 g/mol. The number of nitrogens with zero attached hydrogens (tertiary/aromatic N) is 5. The zero-order chi connectivity index (χ0) is 26.1. The smallest absolute Gasteiger partial charge is 0.249 e. The van der Waals surface area contributed by atoms with Crippen molar-refractivity contribution in [1.29, 1.82) is 0 Å². The van der Waals surface area contributed by atoms with E-state index in [9.17, 15) is 8.78 Å². The summed E-state index contributed by atoms with van der Waals surface area (Å²) in [4.78, 5) is 19.4.